The highest BCUT2D eigenvalue weighted by molar-refractivity contribution is 6.03. The predicted molar refractivity (Wildman–Crippen MR) is 76.3 cm³/mol. The fourth-order valence-electron chi connectivity index (χ4n) is 1.31. The van der Waals surface area contributed by atoms with Crippen LogP contribution in [-0.4, -0.2) is 11.6 Å². The Balaban J connectivity index is 5.49. The largest absolute Gasteiger partial charge is 0.295 e. The molecule has 0 saturated heterocycles. The molecule has 0 aromatic heterocycles. The van der Waals surface area contributed by atoms with Crippen LogP contribution in [0.2, 0.25) is 0 Å². The zero-order chi connectivity index (χ0) is 14.3. The number of hydrogen-bond acceptors (Lipinski definition) is 2. The zero-order valence-electron chi connectivity index (χ0n) is 11.5. The maximum atomic E-state index is 11.4. The summed E-state index contributed by atoms with van der Waals surface area (Å²) in [7, 11) is 0. The third kappa shape index (κ3) is 4.91. The van der Waals surface area contributed by atoms with Crippen molar-refractivity contribution in [3.05, 3.63) is 59.8 Å². The molecule has 0 unspecified atom stereocenters. The van der Waals surface area contributed by atoms with Crippen molar-refractivity contribution in [1.82, 2.24) is 0 Å². The monoisotopic (exact) mass is 244 g/mol. The lowest BCUT2D eigenvalue weighted by molar-refractivity contribution is -0.113. The summed E-state index contributed by atoms with van der Waals surface area (Å²) in [6.45, 7) is 14.0. The van der Waals surface area contributed by atoms with E-state index in [9.17, 15) is 9.59 Å². The van der Waals surface area contributed by atoms with Crippen LogP contribution in [0.1, 0.15) is 27.7 Å². The van der Waals surface area contributed by atoms with E-state index in [1.807, 2.05) is 6.92 Å². The van der Waals surface area contributed by atoms with Gasteiger partial charge in [0.15, 0.2) is 11.6 Å². The van der Waals surface area contributed by atoms with Gasteiger partial charge in [-0.1, -0.05) is 25.3 Å². The molecule has 96 valence electrons. The maximum absolute atomic E-state index is 11.4. The van der Waals surface area contributed by atoms with Gasteiger partial charge in [0, 0.05) is 0 Å². The van der Waals surface area contributed by atoms with E-state index >= 15 is 0 Å². The minimum atomic E-state index is -0.106. The third-order valence-corrected chi connectivity index (χ3v) is 2.61. The lowest BCUT2D eigenvalue weighted by atomic mass is 10.0. The fraction of sp³-hybridized carbons (Fsp3) is 0.250. The summed E-state index contributed by atoms with van der Waals surface area (Å²) in [4.78, 5) is 22.6. The molecular weight excluding hydrogens is 224 g/mol. The van der Waals surface area contributed by atoms with Crippen LogP contribution in [0.5, 0.6) is 0 Å². The second-order valence-corrected chi connectivity index (χ2v) is 4.12. The second kappa shape index (κ2) is 7.38. The fourth-order valence-corrected chi connectivity index (χ4v) is 1.31. The first-order chi connectivity index (χ1) is 8.33. The van der Waals surface area contributed by atoms with Crippen molar-refractivity contribution in [2.24, 2.45) is 0 Å². The minimum absolute atomic E-state index is 0.0185. The average Bonchev–Trinajstić information content (AvgIpc) is 2.33. The van der Waals surface area contributed by atoms with Crippen molar-refractivity contribution in [2.45, 2.75) is 27.7 Å². The SMILES string of the molecule is C=CC(=O)\C(C)=C/C(C)=C(C=C)\C=C(\C)C(C)=O. The average molecular weight is 244 g/mol. The Morgan fingerprint density at radius 2 is 1.39 bits per heavy atom. The van der Waals surface area contributed by atoms with Crippen LogP contribution in [0.15, 0.2) is 59.8 Å². The molecule has 0 amide bonds. The summed E-state index contributed by atoms with van der Waals surface area (Å²) < 4.78 is 0. The summed E-state index contributed by atoms with van der Waals surface area (Å²) in [6.07, 6.45) is 6.49. The predicted octanol–water partition coefficient (Wildman–Crippen LogP) is 3.73. The van der Waals surface area contributed by atoms with Crippen LogP contribution in [0.25, 0.3) is 0 Å². The van der Waals surface area contributed by atoms with Gasteiger partial charge in [0.2, 0.25) is 0 Å². The lowest BCUT2D eigenvalue weighted by Gasteiger charge is -2.03. The normalized spacial score (nSPS) is 13.8. The van der Waals surface area contributed by atoms with E-state index in [1.54, 1.807) is 32.1 Å². The molecule has 0 aromatic carbocycles. The van der Waals surface area contributed by atoms with Crippen LogP contribution in [0.4, 0.5) is 0 Å². The first-order valence-electron chi connectivity index (χ1n) is 5.71. The molecule has 2 heteroatoms. The van der Waals surface area contributed by atoms with E-state index in [-0.39, 0.29) is 11.6 Å². The molecule has 0 aliphatic heterocycles. The molecule has 0 radical (unpaired) electrons. The molecule has 0 fully saturated rings. The van der Waals surface area contributed by atoms with E-state index in [0.29, 0.717) is 11.1 Å². The van der Waals surface area contributed by atoms with Gasteiger partial charge >= 0.3 is 0 Å². The van der Waals surface area contributed by atoms with Gasteiger partial charge in [-0.15, -0.1) is 0 Å². The molecule has 0 aliphatic rings. The van der Waals surface area contributed by atoms with Gasteiger partial charge in [-0.25, -0.2) is 0 Å². The molecule has 0 rings (SSSR count). The quantitative estimate of drug-likeness (QED) is 0.527. The van der Waals surface area contributed by atoms with Crippen LogP contribution in [-0.2, 0) is 9.59 Å². The van der Waals surface area contributed by atoms with Gasteiger partial charge < -0.3 is 0 Å². The smallest absolute Gasteiger partial charge is 0.180 e. The molecule has 0 saturated carbocycles. The minimum Gasteiger partial charge on any atom is -0.295 e. The third-order valence-electron chi connectivity index (χ3n) is 2.61. The molecular formula is C16H20O2. The highest BCUT2D eigenvalue weighted by atomic mass is 16.1. The Labute approximate surface area is 109 Å². The van der Waals surface area contributed by atoms with E-state index in [4.69, 9.17) is 0 Å². The van der Waals surface area contributed by atoms with Crippen LogP contribution in [0.3, 0.4) is 0 Å². The number of ketones is 2. The highest BCUT2D eigenvalue weighted by Gasteiger charge is 2.02. The summed E-state index contributed by atoms with van der Waals surface area (Å²) in [5, 5.41) is 0. The number of allylic oxidation sites excluding steroid dienone is 8. The Bertz CT molecular complexity index is 471. The Morgan fingerprint density at radius 3 is 1.78 bits per heavy atom. The number of rotatable bonds is 6. The Morgan fingerprint density at radius 1 is 0.833 bits per heavy atom. The maximum Gasteiger partial charge on any atom is 0.180 e. The van der Waals surface area contributed by atoms with Crippen molar-refractivity contribution in [3.63, 3.8) is 0 Å². The van der Waals surface area contributed by atoms with Gasteiger partial charge in [0.05, 0.1) is 0 Å². The number of carbonyl (C=O) groups is 2. The van der Waals surface area contributed by atoms with Crippen molar-refractivity contribution in [2.75, 3.05) is 0 Å². The van der Waals surface area contributed by atoms with E-state index in [0.717, 1.165) is 11.1 Å². The molecule has 2 nitrogen and oxygen atoms in total. The van der Waals surface area contributed by atoms with Crippen LogP contribution < -0.4 is 0 Å². The topological polar surface area (TPSA) is 34.1 Å². The van der Waals surface area contributed by atoms with Crippen LogP contribution in [0, 0.1) is 0 Å². The van der Waals surface area contributed by atoms with Gasteiger partial charge in [0.25, 0.3) is 0 Å². The molecule has 0 spiro atoms. The van der Waals surface area contributed by atoms with Crippen molar-refractivity contribution >= 4 is 11.6 Å². The van der Waals surface area contributed by atoms with Gasteiger partial charge in [0.1, 0.15) is 0 Å². The number of Topliss-reactive ketones (excluding diaryl/α,β-unsaturated/α-hetero) is 1. The summed E-state index contributed by atoms with van der Waals surface area (Å²) >= 11 is 0. The van der Waals surface area contributed by atoms with Gasteiger partial charge in [-0.3, -0.25) is 9.59 Å². The van der Waals surface area contributed by atoms with Gasteiger partial charge in [-0.2, -0.15) is 0 Å². The summed E-state index contributed by atoms with van der Waals surface area (Å²) in [6, 6.07) is 0. The zero-order valence-corrected chi connectivity index (χ0v) is 11.5. The standard InChI is InChI=1S/C16H20O2/c1-7-15(10-11(3)14(6)17)12(4)9-13(5)16(18)8-2/h7-10H,1-2H2,3-6H3/b11-10-,13-9-,15-12-. The highest BCUT2D eigenvalue weighted by Crippen LogP contribution is 2.14. The van der Waals surface area contributed by atoms with Crippen molar-refractivity contribution in [3.8, 4) is 0 Å². The number of hydrogen-bond donors (Lipinski definition) is 0. The first-order valence-corrected chi connectivity index (χ1v) is 5.71. The second-order valence-electron chi connectivity index (χ2n) is 4.12. The Hall–Kier alpha value is -1.96. The molecule has 0 N–H and O–H groups in total. The molecule has 0 heterocycles. The molecule has 0 aromatic rings. The summed E-state index contributed by atoms with van der Waals surface area (Å²) in [5.74, 6) is -0.0879. The van der Waals surface area contributed by atoms with Crippen molar-refractivity contribution < 1.29 is 9.59 Å². The molecule has 18 heavy (non-hydrogen) atoms. The summed E-state index contributed by atoms with van der Waals surface area (Å²) in [5.41, 5.74) is 2.98. The Kier molecular flexibility index (Phi) is 6.58. The van der Waals surface area contributed by atoms with Gasteiger partial charge in [-0.05, 0) is 62.1 Å². The van der Waals surface area contributed by atoms with E-state index in [2.05, 4.69) is 13.2 Å². The van der Waals surface area contributed by atoms with E-state index in [1.165, 1.54) is 13.0 Å². The van der Waals surface area contributed by atoms with Crippen molar-refractivity contribution in [1.29, 1.82) is 0 Å². The lowest BCUT2D eigenvalue weighted by Crippen LogP contribution is -1.95. The van der Waals surface area contributed by atoms with Crippen LogP contribution >= 0.6 is 0 Å². The molecule has 0 aliphatic carbocycles. The van der Waals surface area contributed by atoms with E-state index < -0.39 is 0 Å². The molecule has 0 atom stereocenters. The first kappa shape index (κ1) is 16.0. The molecule has 0 bridgehead atoms. The number of carbonyl (C=O) groups excluding carboxylic acids is 2.